The summed E-state index contributed by atoms with van der Waals surface area (Å²) in [5, 5.41) is 9.65. The van der Waals surface area contributed by atoms with Gasteiger partial charge < -0.3 is 0 Å². The van der Waals surface area contributed by atoms with E-state index in [0.717, 1.165) is 33.5 Å². The topological polar surface area (TPSA) is 51.6 Å². The molecule has 0 aliphatic heterocycles. The molecule has 2 aromatic heterocycles. The fourth-order valence-corrected chi connectivity index (χ4v) is 5.42. The molecule has 0 atom stereocenters. The molecule has 0 radical (unpaired) electrons. The van der Waals surface area contributed by atoms with Gasteiger partial charge in [-0.05, 0) is 35.4 Å². The maximum atomic E-state index is 4.69. The Bertz CT molecular complexity index is 1940. The van der Waals surface area contributed by atoms with Crippen LogP contribution in [0.25, 0.3) is 65.2 Å². The molecule has 0 aliphatic carbocycles. The molecule has 5 heteroatoms. The molecule has 2 heterocycles. The first-order valence-corrected chi connectivity index (χ1v) is 12.7. The molecule has 8 rings (SSSR count). The second kappa shape index (κ2) is 10.1. The molecule has 0 spiro atoms. The fraction of sp³-hybridized carbons (Fsp3) is 0.0588. The predicted octanol–water partition coefficient (Wildman–Crippen LogP) is 8.49. The third-order valence-electron chi connectivity index (χ3n) is 7.09. The molecule has 0 saturated heterocycles. The van der Waals surface area contributed by atoms with Crippen molar-refractivity contribution in [2.75, 3.05) is 0 Å². The molecule has 6 aromatic carbocycles. The minimum atomic E-state index is 0. The number of rotatable bonds is 0. The summed E-state index contributed by atoms with van der Waals surface area (Å²) in [6.07, 6.45) is 3.67. The van der Waals surface area contributed by atoms with Crippen molar-refractivity contribution in [1.82, 2.24) is 19.9 Å². The van der Waals surface area contributed by atoms with Crippen LogP contribution in [-0.2, 0) is 20.1 Å². The van der Waals surface area contributed by atoms with E-state index in [2.05, 4.69) is 107 Å². The molecule has 0 bridgehead atoms. The summed E-state index contributed by atoms with van der Waals surface area (Å²) in [5.41, 5.74) is 5.87. The van der Waals surface area contributed by atoms with Crippen molar-refractivity contribution in [2.24, 2.45) is 0 Å². The molecule has 186 valence electrons. The van der Waals surface area contributed by atoms with Crippen LogP contribution in [0.5, 0.6) is 0 Å². The average Bonchev–Trinajstić information content (AvgIpc) is 2.98. The Kier molecular flexibility index (Phi) is 6.48. The Labute approximate surface area is 239 Å². The Morgan fingerprint density at radius 3 is 0.923 bits per heavy atom. The van der Waals surface area contributed by atoms with Crippen molar-refractivity contribution in [2.45, 2.75) is 13.8 Å². The Balaban J connectivity index is 0.000000138. The second-order valence-electron chi connectivity index (χ2n) is 9.60. The molecule has 0 saturated carbocycles. The van der Waals surface area contributed by atoms with E-state index >= 15 is 0 Å². The van der Waals surface area contributed by atoms with Gasteiger partial charge in [-0.3, -0.25) is 9.97 Å². The Morgan fingerprint density at radius 2 is 0.615 bits per heavy atom. The van der Waals surface area contributed by atoms with Crippen LogP contribution >= 0.6 is 0 Å². The summed E-state index contributed by atoms with van der Waals surface area (Å²) in [6, 6.07) is 33.6. The molecule has 0 aliphatic rings. The molecule has 0 N–H and O–H groups in total. The standard InChI is InChI=1S/2C17H12N2.Ir/c2*1-11-10-18-16-14-8-4-2-6-12(14)13-7-3-5-9-15(13)17(16)19-11;/h2*2-10H,1H3;/q;;+3. The van der Waals surface area contributed by atoms with Gasteiger partial charge >= 0.3 is 20.1 Å². The SMILES string of the molecule is Cc1cnc2c3ccccc3c3ccccc3c2n1.Cc1cnc2c3ccccc3c3ccccc3c2n1.[Ir+3]. The molecule has 4 nitrogen and oxygen atoms in total. The van der Waals surface area contributed by atoms with Crippen molar-refractivity contribution >= 4 is 65.2 Å². The maximum Gasteiger partial charge on any atom is 3.00 e. The van der Waals surface area contributed by atoms with Crippen molar-refractivity contribution in [1.29, 1.82) is 0 Å². The summed E-state index contributed by atoms with van der Waals surface area (Å²) in [5.74, 6) is 0. The zero-order chi connectivity index (χ0) is 25.6. The van der Waals surface area contributed by atoms with Crippen LogP contribution in [0.3, 0.4) is 0 Å². The van der Waals surface area contributed by atoms with Crippen LogP contribution in [0.2, 0.25) is 0 Å². The quantitative estimate of drug-likeness (QED) is 0.151. The number of hydrogen-bond donors (Lipinski definition) is 0. The number of aryl methyl sites for hydroxylation is 2. The molecular formula is C34H24IrN4+3. The van der Waals surface area contributed by atoms with Crippen LogP contribution in [0.4, 0.5) is 0 Å². The number of aromatic nitrogens is 4. The van der Waals surface area contributed by atoms with Crippen LogP contribution in [0, 0.1) is 13.8 Å². The van der Waals surface area contributed by atoms with E-state index < -0.39 is 0 Å². The normalized spacial score (nSPS) is 11.1. The van der Waals surface area contributed by atoms with Gasteiger partial charge in [-0.1, -0.05) is 97.1 Å². The number of fused-ring (bicyclic) bond motifs is 12. The van der Waals surface area contributed by atoms with Gasteiger partial charge in [-0.2, -0.15) is 0 Å². The summed E-state index contributed by atoms with van der Waals surface area (Å²) >= 11 is 0. The number of nitrogens with zero attached hydrogens (tertiary/aromatic N) is 4. The first kappa shape index (κ1) is 25.0. The van der Waals surface area contributed by atoms with Gasteiger partial charge in [0.15, 0.2) is 0 Å². The van der Waals surface area contributed by atoms with Crippen LogP contribution in [-0.4, -0.2) is 19.9 Å². The fourth-order valence-electron chi connectivity index (χ4n) is 5.42. The van der Waals surface area contributed by atoms with Gasteiger partial charge in [0, 0.05) is 33.9 Å². The zero-order valence-corrected chi connectivity index (χ0v) is 23.9. The summed E-state index contributed by atoms with van der Waals surface area (Å²) in [6.45, 7) is 3.97. The molecule has 39 heavy (non-hydrogen) atoms. The minimum absolute atomic E-state index is 0. The number of hydrogen-bond acceptors (Lipinski definition) is 4. The summed E-state index contributed by atoms with van der Waals surface area (Å²) < 4.78 is 0. The molecule has 0 amide bonds. The van der Waals surface area contributed by atoms with Gasteiger partial charge in [-0.15, -0.1) is 0 Å². The molecular weight excluding hydrogens is 657 g/mol. The van der Waals surface area contributed by atoms with E-state index in [0.29, 0.717) is 0 Å². The van der Waals surface area contributed by atoms with E-state index in [1.54, 1.807) is 0 Å². The second-order valence-corrected chi connectivity index (χ2v) is 9.60. The van der Waals surface area contributed by atoms with E-state index in [9.17, 15) is 0 Å². The maximum absolute atomic E-state index is 4.69. The summed E-state index contributed by atoms with van der Waals surface area (Å²) in [4.78, 5) is 18.6. The molecule has 8 aromatic rings. The van der Waals surface area contributed by atoms with E-state index in [4.69, 9.17) is 9.97 Å². The van der Waals surface area contributed by atoms with E-state index in [1.165, 1.54) is 43.1 Å². The van der Waals surface area contributed by atoms with Gasteiger partial charge in [0.2, 0.25) is 0 Å². The van der Waals surface area contributed by atoms with Crippen LogP contribution < -0.4 is 0 Å². The summed E-state index contributed by atoms with van der Waals surface area (Å²) in [7, 11) is 0. The molecule has 0 unspecified atom stereocenters. The van der Waals surface area contributed by atoms with Gasteiger partial charge in [0.1, 0.15) is 0 Å². The van der Waals surface area contributed by atoms with E-state index in [-0.39, 0.29) is 20.1 Å². The Morgan fingerprint density at radius 1 is 0.359 bits per heavy atom. The minimum Gasteiger partial charge on any atom is -0.252 e. The zero-order valence-electron chi connectivity index (χ0n) is 21.5. The predicted molar refractivity (Wildman–Crippen MR) is 159 cm³/mol. The van der Waals surface area contributed by atoms with Gasteiger partial charge in [0.05, 0.1) is 33.5 Å². The molecule has 0 fully saturated rings. The average molecular weight is 681 g/mol. The van der Waals surface area contributed by atoms with Crippen molar-refractivity contribution < 1.29 is 20.1 Å². The number of benzene rings is 6. The van der Waals surface area contributed by atoms with Crippen molar-refractivity contribution in [3.8, 4) is 0 Å². The smallest absolute Gasteiger partial charge is 0.252 e. The first-order valence-electron chi connectivity index (χ1n) is 12.7. The van der Waals surface area contributed by atoms with Crippen molar-refractivity contribution in [3.05, 3.63) is 121 Å². The monoisotopic (exact) mass is 681 g/mol. The van der Waals surface area contributed by atoms with E-state index in [1.807, 2.05) is 26.2 Å². The third kappa shape index (κ3) is 4.21. The van der Waals surface area contributed by atoms with Crippen LogP contribution in [0.15, 0.2) is 109 Å². The van der Waals surface area contributed by atoms with Crippen molar-refractivity contribution in [3.63, 3.8) is 0 Å². The van der Waals surface area contributed by atoms with Gasteiger partial charge in [-0.25, -0.2) is 9.97 Å². The largest absolute Gasteiger partial charge is 3.00 e. The van der Waals surface area contributed by atoms with Crippen LogP contribution in [0.1, 0.15) is 11.4 Å². The van der Waals surface area contributed by atoms with Gasteiger partial charge in [0.25, 0.3) is 0 Å². The Hall–Kier alpha value is -4.31. The first-order chi connectivity index (χ1) is 18.7. The third-order valence-corrected chi connectivity index (χ3v) is 7.09.